The van der Waals surface area contributed by atoms with Crippen LogP contribution in [0.15, 0.2) is 36.7 Å². The number of benzene rings is 1. The number of nitrogens with one attached hydrogen (secondary N) is 2. The Morgan fingerprint density at radius 2 is 1.90 bits per heavy atom. The molecule has 3 saturated carbocycles. The van der Waals surface area contributed by atoms with Gasteiger partial charge in [-0.15, -0.1) is 0 Å². The summed E-state index contributed by atoms with van der Waals surface area (Å²) in [7, 11) is 0. The van der Waals surface area contributed by atoms with Crippen LogP contribution < -0.4 is 15.4 Å². The van der Waals surface area contributed by atoms with Gasteiger partial charge in [-0.1, -0.05) is 18.5 Å². The molecular weight excluding hydrogens is 397 g/mol. The number of amides is 2. The molecule has 5 rings (SSSR count). The van der Waals surface area contributed by atoms with Crippen LogP contribution in [0.1, 0.15) is 42.1 Å². The van der Waals surface area contributed by atoms with Crippen molar-refractivity contribution in [1.82, 2.24) is 15.6 Å². The molecule has 0 radical (unpaired) electrons. The van der Waals surface area contributed by atoms with Crippen LogP contribution >= 0.6 is 11.6 Å². The fraction of sp³-hybridized carbons (Fsp3) is 0.381. The minimum Gasteiger partial charge on any atom is -0.484 e. The van der Waals surface area contributed by atoms with Gasteiger partial charge in [0.05, 0.1) is 10.6 Å². The minimum atomic E-state index is -0.596. The van der Waals surface area contributed by atoms with Gasteiger partial charge in [0.2, 0.25) is 0 Å². The Hall–Kier alpha value is -2.67. The molecule has 2 N–H and O–H groups in total. The van der Waals surface area contributed by atoms with Gasteiger partial charge < -0.3 is 15.4 Å². The summed E-state index contributed by atoms with van der Waals surface area (Å²) in [4.78, 5) is 28.8. The van der Waals surface area contributed by atoms with E-state index >= 15 is 0 Å². The lowest BCUT2D eigenvalue weighted by atomic mass is 9.44. The van der Waals surface area contributed by atoms with Crippen LogP contribution in [-0.4, -0.2) is 34.5 Å². The SMILES string of the molecule is CCc1cncc(C(=O)NC23CC(NC(=O)COc4ccc(Cl)c(F)c4)(C2)C3)c1. The summed E-state index contributed by atoms with van der Waals surface area (Å²) in [6, 6.07) is 5.88. The average molecular weight is 418 g/mol. The number of nitrogens with zero attached hydrogens (tertiary/aromatic N) is 1. The molecule has 3 aliphatic rings. The van der Waals surface area contributed by atoms with E-state index in [0.29, 0.717) is 24.8 Å². The maximum Gasteiger partial charge on any atom is 0.258 e. The molecule has 0 unspecified atom stereocenters. The molecule has 0 saturated heterocycles. The first-order valence-corrected chi connectivity index (χ1v) is 9.85. The van der Waals surface area contributed by atoms with E-state index in [1.165, 1.54) is 12.1 Å². The lowest BCUT2D eigenvalue weighted by Crippen LogP contribution is -2.84. The molecule has 2 aromatic rings. The number of hydrogen-bond acceptors (Lipinski definition) is 4. The van der Waals surface area contributed by atoms with Gasteiger partial charge in [-0.05, 0) is 49.4 Å². The summed E-state index contributed by atoms with van der Waals surface area (Å²) in [5.74, 6) is -0.770. The number of pyridine rings is 1. The first-order valence-electron chi connectivity index (χ1n) is 9.47. The van der Waals surface area contributed by atoms with Crippen molar-refractivity contribution in [1.29, 1.82) is 0 Å². The monoisotopic (exact) mass is 417 g/mol. The number of hydrogen-bond donors (Lipinski definition) is 2. The predicted octanol–water partition coefficient (Wildman–Crippen LogP) is 3.04. The van der Waals surface area contributed by atoms with Crippen molar-refractivity contribution in [3.8, 4) is 5.75 Å². The van der Waals surface area contributed by atoms with Crippen molar-refractivity contribution >= 4 is 23.4 Å². The molecule has 0 aliphatic heterocycles. The number of aryl methyl sites for hydroxylation is 1. The second kappa shape index (κ2) is 7.30. The summed E-state index contributed by atoms with van der Waals surface area (Å²) < 4.78 is 18.7. The molecule has 2 amide bonds. The molecule has 0 atom stereocenters. The Morgan fingerprint density at radius 1 is 1.17 bits per heavy atom. The predicted molar refractivity (Wildman–Crippen MR) is 105 cm³/mol. The van der Waals surface area contributed by atoms with Crippen molar-refractivity contribution in [3.63, 3.8) is 0 Å². The average Bonchev–Trinajstić information content (AvgIpc) is 2.66. The third kappa shape index (κ3) is 3.92. The zero-order valence-corrected chi connectivity index (χ0v) is 16.7. The van der Waals surface area contributed by atoms with Crippen LogP contribution in [0.25, 0.3) is 0 Å². The summed E-state index contributed by atoms with van der Waals surface area (Å²) in [5.41, 5.74) is 1.02. The zero-order chi connectivity index (χ0) is 20.6. The quantitative estimate of drug-likeness (QED) is 0.725. The smallest absolute Gasteiger partial charge is 0.258 e. The summed E-state index contributed by atoms with van der Waals surface area (Å²) >= 11 is 5.62. The highest BCUT2D eigenvalue weighted by atomic mass is 35.5. The molecule has 3 fully saturated rings. The maximum atomic E-state index is 13.4. The van der Waals surface area contributed by atoms with Crippen molar-refractivity contribution in [2.24, 2.45) is 0 Å². The van der Waals surface area contributed by atoms with Crippen LogP contribution in [0.2, 0.25) is 5.02 Å². The largest absolute Gasteiger partial charge is 0.484 e. The van der Waals surface area contributed by atoms with E-state index in [4.69, 9.17) is 16.3 Å². The Kier molecular flexibility index (Phi) is 4.94. The molecule has 6 nitrogen and oxygen atoms in total. The number of carbonyl (C=O) groups excluding carboxylic acids is 2. The molecule has 8 heteroatoms. The van der Waals surface area contributed by atoms with Gasteiger partial charge in [0.15, 0.2) is 6.61 Å². The van der Waals surface area contributed by atoms with E-state index in [1.807, 2.05) is 13.0 Å². The third-order valence-electron chi connectivity index (χ3n) is 5.54. The summed E-state index contributed by atoms with van der Waals surface area (Å²) in [6.45, 7) is 1.80. The van der Waals surface area contributed by atoms with Crippen LogP contribution in [0.4, 0.5) is 4.39 Å². The Bertz CT molecular complexity index is 962. The fourth-order valence-electron chi connectivity index (χ4n) is 4.22. The highest BCUT2D eigenvalue weighted by Crippen LogP contribution is 2.60. The van der Waals surface area contributed by atoms with Crippen LogP contribution in [0.5, 0.6) is 5.75 Å². The highest BCUT2D eigenvalue weighted by Gasteiger charge is 2.69. The van der Waals surface area contributed by atoms with Gasteiger partial charge in [-0.2, -0.15) is 0 Å². The van der Waals surface area contributed by atoms with Crippen molar-refractivity contribution in [2.45, 2.75) is 43.7 Å². The lowest BCUT2D eigenvalue weighted by Gasteiger charge is -2.70. The van der Waals surface area contributed by atoms with Crippen LogP contribution in [0, 0.1) is 5.82 Å². The van der Waals surface area contributed by atoms with E-state index in [1.54, 1.807) is 12.4 Å². The van der Waals surface area contributed by atoms with Crippen molar-refractivity contribution in [2.75, 3.05) is 6.61 Å². The van der Waals surface area contributed by atoms with Crippen molar-refractivity contribution < 1.29 is 18.7 Å². The number of carbonyl (C=O) groups is 2. The minimum absolute atomic E-state index is 0.000199. The van der Waals surface area contributed by atoms with Gasteiger partial charge in [-0.3, -0.25) is 14.6 Å². The van der Waals surface area contributed by atoms with E-state index in [0.717, 1.165) is 18.1 Å². The Morgan fingerprint density at radius 3 is 2.59 bits per heavy atom. The molecule has 1 heterocycles. The van der Waals surface area contributed by atoms with E-state index in [9.17, 15) is 14.0 Å². The topological polar surface area (TPSA) is 80.3 Å². The normalized spacial score (nSPS) is 24.1. The molecule has 2 bridgehead atoms. The highest BCUT2D eigenvalue weighted by molar-refractivity contribution is 6.30. The number of aromatic nitrogens is 1. The Balaban J connectivity index is 1.24. The number of rotatable bonds is 7. The zero-order valence-electron chi connectivity index (χ0n) is 15.9. The molecule has 3 aliphatic carbocycles. The van der Waals surface area contributed by atoms with Crippen molar-refractivity contribution in [3.05, 3.63) is 58.6 Å². The van der Waals surface area contributed by atoms with E-state index < -0.39 is 5.82 Å². The van der Waals surface area contributed by atoms with Crippen LogP contribution in [-0.2, 0) is 11.2 Å². The van der Waals surface area contributed by atoms with Crippen LogP contribution in [0.3, 0.4) is 0 Å². The van der Waals surface area contributed by atoms with Gasteiger partial charge in [-0.25, -0.2) is 4.39 Å². The second-order valence-electron chi connectivity index (χ2n) is 7.89. The van der Waals surface area contributed by atoms with E-state index in [-0.39, 0.29) is 40.3 Å². The Labute approximate surface area is 172 Å². The molecule has 152 valence electrons. The second-order valence-corrected chi connectivity index (χ2v) is 8.30. The van der Waals surface area contributed by atoms with Gasteiger partial charge in [0, 0.05) is 29.5 Å². The lowest BCUT2D eigenvalue weighted by molar-refractivity contribution is -0.141. The molecule has 1 aromatic heterocycles. The molecule has 1 aromatic carbocycles. The number of halogens is 2. The molecule has 0 spiro atoms. The molecular formula is C21H21ClFN3O3. The van der Waals surface area contributed by atoms with Gasteiger partial charge in [0.1, 0.15) is 11.6 Å². The third-order valence-corrected chi connectivity index (χ3v) is 5.85. The summed E-state index contributed by atoms with van der Waals surface area (Å²) in [5, 5.41) is 6.04. The van der Waals surface area contributed by atoms with Gasteiger partial charge in [0.25, 0.3) is 11.8 Å². The first-order chi connectivity index (χ1) is 13.8. The maximum absolute atomic E-state index is 13.4. The van der Waals surface area contributed by atoms with Gasteiger partial charge >= 0.3 is 0 Å². The van der Waals surface area contributed by atoms with E-state index in [2.05, 4.69) is 15.6 Å². The number of ether oxygens (including phenoxy) is 1. The molecule has 29 heavy (non-hydrogen) atoms. The fourth-order valence-corrected chi connectivity index (χ4v) is 4.34. The summed E-state index contributed by atoms with van der Waals surface area (Å²) in [6.07, 6.45) is 6.20. The standard InChI is InChI=1S/C21H21ClFN3O3/c1-2-13-5-14(8-24-7-13)19(28)26-21-10-20(11-21,12-21)25-18(27)9-29-15-3-4-16(22)17(23)6-15/h3-8H,2,9-12H2,1H3,(H,25,27)(H,26,28). The first kappa shape index (κ1) is 19.6.